The van der Waals surface area contributed by atoms with E-state index in [1.165, 1.54) is 4.90 Å². The van der Waals surface area contributed by atoms with E-state index < -0.39 is 0 Å². The van der Waals surface area contributed by atoms with E-state index in [1.54, 1.807) is 61.7 Å². The van der Waals surface area contributed by atoms with E-state index in [1.807, 2.05) is 19.1 Å². The predicted octanol–water partition coefficient (Wildman–Crippen LogP) is 7.10. The van der Waals surface area contributed by atoms with Crippen LogP contribution < -0.4 is 18.9 Å². The third-order valence-corrected chi connectivity index (χ3v) is 6.97. The molecular formula is C28H25Cl2NO6S. The van der Waals surface area contributed by atoms with Gasteiger partial charge in [-0.2, -0.15) is 0 Å². The molecule has 0 aliphatic carbocycles. The van der Waals surface area contributed by atoms with Crippen molar-refractivity contribution in [3.63, 3.8) is 0 Å². The molecule has 1 saturated heterocycles. The fraction of sp³-hybridized carbons (Fsp3) is 0.214. The van der Waals surface area contributed by atoms with Gasteiger partial charge in [0.25, 0.3) is 11.1 Å². The Bertz CT molecular complexity index is 1360. The zero-order valence-corrected chi connectivity index (χ0v) is 23.1. The van der Waals surface area contributed by atoms with E-state index in [0.717, 1.165) is 17.3 Å². The zero-order valence-electron chi connectivity index (χ0n) is 20.7. The Labute approximate surface area is 235 Å². The lowest BCUT2D eigenvalue weighted by Crippen LogP contribution is -2.32. The number of carbonyl (C=O) groups excluding carboxylic acids is 2. The topological polar surface area (TPSA) is 74.3 Å². The van der Waals surface area contributed by atoms with Crippen molar-refractivity contribution in [2.45, 2.75) is 13.5 Å². The first-order valence-electron chi connectivity index (χ1n) is 11.7. The van der Waals surface area contributed by atoms with Crippen LogP contribution in [0.15, 0.2) is 65.6 Å². The Kier molecular flexibility index (Phi) is 9.44. The van der Waals surface area contributed by atoms with Crippen LogP contribution in [0, 0.1) is 0 Å². The van der Waals surface area contributed by atoms with Crippen LogP contribution in [0.5, 0.6) is 23.0 Å². The number of para-hydroxylation sites is 2. The summed E-state index contributed by atoms with van der Waals surface area (Å²) in [6.07, 6.45) is 1.66. The number of benzene rings is 3. The second-order valence-corrected chi connectivity index (χ2v) is 9.83. The molecule has 0 aromatic heterocycles. The van der Waals surface area contributed by atoms with Crippen molar-refractivity contribution in [1.29, 1.82) is 0 Å². The number of nitrogens with zero attached hydrogens (tertiary/aromatic N) is 1. The molecule has 0 N–H and O–H groups in total. The Hall–Kier alpha value is -3.33. The summed E-state index contributed by atoms with van der Waals surface area (Å²) >= 11 is 13.1. The monoisotopic (exact) mass is 573 g/mol. The van der Waals surface area contributed by atoms with Crippen LogP contribution in [0.4, 0.5) is 4.79 Å². The first-order chi connectivity index (χ1) is 18.4. The number of hydrogen-bond donors (Lipinski definition) is 0. The Morgan fingerprint density at radius 2 is 1.66 bits per heavy atom. The number of rotatable bonds is 11. The number of carbonyl (C=O) groups is 2. The molecule has 2 amide bonds. The molecule has 4 rings (SSSR count). The van der Waals surface area contributed by atoms with Gasteiger partial charge in [-0.05, 0) is 66.7 Å². The first kappa shape index (κ1) is 27.7. The number of amides is 2. The first-order valence-corrected chi connectivity index (χ1v) is 13.3. The summed E-state index contributed by atoms with van der Waals surface area (Å²) in [4.78, 5) is 26.9. The lowest BCUT2D eigenvalue weighted by Gasteiger charge is -2.14. The molecule has 0 radical (unpaired) electrons. The molecular weight excluding hydrogens is 549 g/mol. The highest BCUT2D eigenvalue weighted by atomic mass is 35.5. The number of imide groups is 1. The quantitative estimate of drug-likeness (QED) is 0.226. The Morgan fingerprint density at radius 3 is 2.39 bits per heavy atom. The molecule has 1 aliphatic rings. The molecule has 0 saturated carbocycles. The van der Waals surface area contributed by atoms with Crippen LogP contribution in [0.3, 0.4) is 0 Å². The maximum Gasteiger partial charge on any atom is 0.293 e. The van der Waals surface area contributed by atoms with Crippen LogP contribution in [0.2, 0.25) is 10.0 Å². The molecule has 10 heteroatoms. The Balaban J connectivity index is 1.42. The Morgan fingerprint density at radius 1 is 0.895 bits per heavy atom. The van der Waals surface area contributed by atoms with Crippen molar-refractivity contribution >= 4 is 52.2 Å². The predicted molar refractivity (Wildman–Crippen MR) is 150 cm³/mol. The average molecular weight is 574 g/mol. The maximum absolute atomic E-state index is 12.9. The van der Waals surface area contributed by atoms with Gasteiger partial charge in [0.2, 0.25) is 0 Å². The molecule has 0 bridgehead atoms. The number of ether oxygens (including phenoxy) is 4. The van der Waals surface area contributed by atoms with Gasteiger partial charge in [-0.15, -0.1) is 0 Å². The molecule has 3 aromatic rings. The number of methoxy groups -OCH3 is 1. The SMILES string of the molecule is CCOc1cc(/C=C2\SC(=O)N(CCOc3ccccc3OC)C2=O)ccc1OCc1ccc(Cl)cc1Cl. The van der Waals surface area contributed by atoms with Gasteiger partial charge in [0, 0.05) is 15.6 Å². The van der Waals surface area contributed by atoms with Crippen molar-refractivity contribution in [3.05, 3.63) is 86.7 Å². The summed E-state index contributed by atoms with van der Waals surface area (Å²) in [7, 11) is 1.55. The van der Waals surface area contributed by atoms with Crippen LogP contribution in [-0.4, -0.2) is 42.9 Å². The fourth-order valence-electron chi connectivity index (χ4n) is 3.63. The van der Waals surface area contributed by atoms with Crippen molar-refractivity contribution < 1.29 is 28.5 Å². The standard InChI is InChI=1S/C28H25Cl2NO6S/c1-3-35-25-14-18(8-11-24(25)37-17-19-9-10-20(29)16-21(19)30)15-26-27(32)31(28(33)38-26)12-13-36-23-7-5-4-6-22(23)34-2/h4-11,14-16H,3,12-13,17H2,1-2H3/b26-15-. The average Bonchev–Trinajstić information content (AvgIpc) is 3.17. The van der Waals surface area contributed by atoms with Gasteiger partial charge in [0.15, 0.2) is 23.0 Å². The van der Waals surface area contributed by atoms with E-state index in [-0.39, 0.29) is 30.9 Å². The van der Waals surface area contributed by atoms with Crippen LogP contribution in [0.25, 0.3) is 6.08 Å². The summed E-state index contributed by atoms with van der Waals surface area (Å²) in [6.45, 7) is 2.77. The highest BCUT2D eigenvalue weighted by Crippen LogP contribution is 2.35. The molecule has 7 nitrogen and oxygen atoms in total. The van der Waals surface area contributed by atoms with Crippen LogP contribution >= 0.6 is 35.0 Å². The van der Waals surface area contributed by atoms with Gasteiger partial charge in [0.1, 0.15) is 13.2 Å². The lowest BCUT2D eigenvalue weighted by molar-refractivity contribution is -0.123. The number of thioether (sulfide) groups is 1. The van der Waals surface area contributed by atoms with Crippen molar-refractivity contribution in [2.75, 3.05) is 26.9 Å². The summed E-state index contributed by atoms with van der Waals surface area (Å²) in [6, 6.07) is 17.7. The molecule has 0 spiro atoms. The highest BCUT2D eigenvalue weighted by molar-refractivity contribution is 8.18. The second-order valence-electron chi connectivity index (χ2n) is 8.00. The van der Waals surface area contributed by atoms with Gasteiger partial charge < -0.3 is 18.9 Å². The molecule has 198 valence electrons. The van der Waals surface area contributed by atoms with E-state index in [0.29, 0.717) is 50.1 Å². The minimum absolute atomic E-state index is 0.115. The van der Waals surface area contributed by atoms with Gasteiger partial charge in [-0.3, -0.25) is 14.5 Å². The van der Waals surface area contributed by atoms with Gasteiger partial charge in [-0.1, -0.05) is 47.5 Å². The molecule has 1 aliphatic heterocycles. The van der Waals surface area contributed by atoms with E-state index >= 15 is 0 Å². The van der Waals surface area contributed by atoms with Gasteiger partial charge in [0.05, 0.1) is 25.2 Å². The third kappa shape index (κ3) is 6.75. The van der Waals surface area contributed by atoms with E-state index in [2.05, 4.69) is 0 Å². The summed E-state index contributed by atoms with van der Waals surface area (Å²) < 4.78 is 22.7. The lowest BCUT2D eigenvalue weighted by atomic mass is 10.1. The maximum atomic E-state index is 12.9. The molecule has 0 unspecified atom stereocenters. The summed E-state index contributed by atoms with van der Waals surface area (Å²) in [5.41, 5.74) is 1.48. The molecule has 3 aromatic carbocycles. The van der Waals surface area contributed by atoms with E-state index in [9.17, 15) is 9.59 Å². The molecule has 1 heterocycles. The van der Waals surface area contributed by atoms with Crippen LogP contribution in [0.1, 0.15) is 18.1 Å². The van der Waals surface area contributed by atoms with E-state index in [4.69, 9.17) is 42.1 Å². The largest absolute Gasteiger partial charge is 0.493 e. The van der Waals surface area contributed by atoms with Crippen molar-refractivity contribution in [1.82, 2.24) is 4.90 Å². The highest BCUT2D eigenvalue weighted by Gasteiger charge is 2.35. The smallest absolute Gasteiger partial charge is 0.293 e. The minimum atomic E-state index is -0.376. The van der Waals surface area contributed by atoms with Crippen molar-refractivity contribution in [2.24, 2.45) is 0 Å². The van der Waals surface area contributed by atoms with Crippen molar-refractivity contribution in [3.8, 4) is 23.0 Å². The van der Waals surface area contributed by atoms with Gasteiger partial charge in [-0.25, -0.2) is 0 Å². The molecule has 0 atom stereocenters. The van der Waals surface area contributed by atoms with Crippen LogP contribution in [-0.2, 0) is 11.4 Å². The normalized spacial score (nSPS) is 14.2. The minimum Gasteiger partial charge on any atom is -0.493 e. The third-order valence-electron chi connectivity index (χ3n) is 5.48. The van der Waals surface area contributed by atoms with Gasteiger partial charge >= 0.3 is 0 Å². The zero-order chi connectivity index (χ0) is 27.1. The number of hydrogen-bond acceptors (Lipinski definition) is 7. The molecule has 1 fully saturated rings. The second kappa shape index (κ2) is 13.0. The summed E-state index contributed by atoms with van der Waals surface area (Å²) in [5.74, 6) is 1.78. The number of halogens is 2. The summed E-state index contributed by atoms with van der Waals surface area (Å²) in [5, 5.41) is 0.706. The molecule has 38 heavy (non-hydrogen) atoms. The fourth-order valence-corrected chi connectivity index (χ4v) is 4.95.